The Morgan fingerprint density at radius 2 is 2.04 bits per heavy atom. The molecule has 9 heteroatoms. The molecular weight excluding hydrogens is 361 g/mol. The van der Waals surface area contributed by atoms with Crippen molar-refractivity contribution in [3.05, 3.63) is 66.2 Å². The number of anilines is 3. The Labute approximate surface area is 159 Å². The van der Waals surface area contributed by atoms with Gasteiger partial charge in [-0.05, 0) is 42.8 Å². The molecule has 140 valence electrons. The molecular formula is C19H16FN7O. The summed E-state index contributed by atoms with van der Waals surface area (Å²) < 4.78 is 15.3. The fraction of sp³-hybridized carbons (Fsp3) is 0.0526. The molecule has 0 aliphatic carbocycles. The Bertz CT molecular complexity index is 1170. The Balaban J connectivity index is 1.52. The summed E-state index contributed by atoms with van der Waals surface area (Å²) >= 11 is 0. The minimum Gasteiger partial charge on any atom is -0.380 e. The first-order chi connectivity index (χ1) is 13.5. The monoisotopic (exact) mass is 377 g/mol. The maximum Gasteiger partial charge on any atom is 0.324 e. The lowest BCUT2D eigenvalue weighted by Crippen LogP contribution is -2.20. The molecule has 28 heavy (non-hydrogen) atoms. The van der Waals surface area contributed by atoms with E-state index in [2.05, 4.69) is 25.9 Å². The van der Waals surface area contributed by atoms with Crippen LogP contribution in [0.2, 0.25) is 0 Å². The van der Waals surface area contributed by atoms with Crippen molar-refractivity contribution in [3.63, 3.8) is 0 Å². The molecule has 0 saturated heterocycles. The molecule has 3 aromatic heterocycles. The van der Waals surface area contributed by atoms with E-state index >= 15 is 0 Å². The number of hydrogen-bond acceptors (Lipinski definition) is 5. The summed E-state index contributed by atoms with van der Waals surface area (Å²) in [7, 11) is 0. The fourth-order valence-corrected chi connectivity index (χ4v) is 2.84. The van der Waals surface area contributed by atoms with Crippen molar-refractivity contribution in [3.8, 4) is 11.1 Å². The number of urea groups is 1. The zero-order valence-electron chi connectivity index (χ0n) is 14.8. The van der Waals surface area contributed by atoms with E-state index in [0.717, 1.165) is 16.7 Å². The number of nitrogens with one attached hydrogen (secondary N) is 2. The summed E-state index contributed by atoms with van der Waals surface area (Å²) in [6.07, 6.45) is 3.35. The van der Waals surface area contributed by atoms with Crippen molar-refractivity contribution >= 4 is 28.9 Å². The lowest BCUT2D eigenvalue weighted by Gasteiger charge is -2.09. The van der Waals surface area contributed by atoms with Gasteiger partial charge < -0.3 is 11.1 Å². The number of benzene rings is 1. The molecule has 4 rings (SSSR count). The van der Waals surface area contributed by atoms with Crippen LogP contribution in [0.25, 0.3) is 16.6 Å². The molecule has 1 aromatic carbocycles. The Morgan fingerprint density at radius 3 is 2.82 bits per heavy atom. The number of aryl methyl sites for hydroxylation is 1. The van der Waals surface area contributed by atoms with Gasteiger partial charge in [0, 0.05) is 23.5 Å². The maximum atomic E-state index is 13.8. The highest BCUT2D eigenvalue weighted by atomic mass is 19.1. The van der Waals surface area contributed by atoms with E-state index < -0.39 is 11.8 Å². The molecule has 0 unspecified atom stereocenters. The number of carbonyl (C=O) groups is 1. The molecule has 8 nitrogen and oxygen atoms in total. The van der Waals surface area contributed by atoms with Crippen LogP contribution in [0.1, 0.15) is 5.56 Å². The second kappa shape index (κ2) is 6.95. The van der Waals surface area contributed by atoms with Gasteiger partial charge in [-0.25, -0.2) is 18.7 Å². The number of hydrogen-bond donors (Lipinski definition) is 3. The van der Waals surface area contributed by atoms with Crippen LogP contribution in [0.4, 0.5) is 26.5 Å². The van der Waals surface area contributed by atoms with Gasteiger partial charge >= 0.3 is 6.03 Å². The SMILES string of the molecule is Cc1ccc(F)c(NC(=O)Nc2ccc(-c3cccn4nnc(N)c34)cn2)c1. The number of amides is 2. The Morgan fingerprint density at radius 1 is 1.18 bits per heavy atom. The second-order valence-electron chi connectivity index (χ2n) is 6.18. The van der Waals surface area contributed by atoms with Crippen LogP contribution in [0.3, 0.4) is 0 Å². The third kappa shape index (κ3) is 3.32. The fourth-order valence-electron chi connectivity index (χ4n) is 2.84. The van der Waals surface area contributed by atoms with Gasteiger partial charge in [-0.3, -0.25) is 5.32 Å². The molecule has 3 heterocycles. The van der Waals surface area contributed by atoms with Gasteiger partial charge in [0.15, 0.2) is 5.82 Å². The van der Waals surface area contributed by atoms with E-state index in [9.17, 15) is 9.18 Å². The lowest BCUT2D eigenvalue weighted by molar-refractivity contribution is 0.262. The summed E-state index contributed by atoms with van der Waals surface area (Å²) in [5.74, 6) is 0.127. The number of nitrogens with zero attached hydrogens (tertiary/aromatic N) is 4. The molecule has 0 saturated carbocycles. The normalized spacial score (nSPS) is 10.8. The number of aromatic nitrogens is 4. The Hall–Kier alpha value is -4.01. The summed E-state index contributed by atoms with van der Waals surface area (Å²) in [4.78, 5) is 16.4. The van der Waals surface area contributed by atoms with Crippen molar-refractivity contribution in [1.29, 1.82) is 0 Å². The summed E-state index contributed by atoms with van der Waals surface area (Å²) in [5.41, 5.74) is 9.11. The number of pyridine rings is 2. The maximum absolute atomic E-state index is 13.8. The van der Waals surface area contributed by atoms with Crippen LogP contribution in [-0.4, -0.2) is 25.8 Å². The predicted octanol–water partition coefficient (Wildman–Crippen LogP) is 3.47. The van der Waals surface area contributed by atoms with Crippen molar-refractivity contribution in [1.82, 2.24) is 19.8 Å². The second-order valence-corrected chi connectivity index (χ2v) is 6.18. The minimum absolute atomic E-state index is 0.101. The van der Waals surface area contributed by atoms with Gasteiger partial charge in [0.1, 0.15) is 17.2 Å². The highest BCUT2D eigenvalue weighted by Gasteiger charge is 2.11. The summed E-state index contributed by atoms with van der Waals surface area (Å²) in [6, 6.07) is 11.0. The number of nitrogens with two attached hydrogens (primary N) is 1. The van der Waals surface area contributed by atoms with Crippen LogP contribution in [0.15, 0.2) is 54.9 Å². The number of fused-ring (bicyclic) bond motifs is 1. The first kappa shape index (κ1) is 17.4. The highest BCUT2D eigenvalue weighted by Crippen LogP contribution is 2.27. The summed E-state index contributed by atoms with van der Waals surface area (Å²) in [6.45, 7) is 1.81. The van der Waals surface area contributed by atoms with Gasteiger partial charge in [-0.1, -0.05) is 17.3 Å². The number of rotatable bonds is 3. The van der Waals surface area contributed by atoms with E-state index in [4.69, 9.17) is 5.73 Å². The first-order valence-electron chi connectivity index (χ1n) is 8.41. The summed E-state index contributed by atoms with van der Waals surface area (Å²) in [5, 5.41) is 12.9. The van der Waals surface area contributed by atoms with E-state index in [-0.39, 0.29) is 5.69 Å². The van der Waals surface area contributed by atoms with Crippen LogP contribution < -0.4 is 16.4 Å². The van der Waals surface area contributed by atoms with Gasteiger partial charge in [-0.2, -0.15) is 0 Å². The number of halogens is 1. The van der Waals surface area contributed by atoms with E-state index in [1.807, 2.05) is 19.1 Å². The average Bonchev–Trinajstić information content (AvgIpc) is 3.07. The molecule has 4 N–H and O–H groups in total. The Kier molecular flexibility index (Phi) is 4.32. The largest absolute Gasteiger partial charge is 0.380 e. The van der Waals surface area contributed by atoms with Crippen LogP contribution >= 0.6 is 0 Å². The van der Waals surface area contributed by atoms with E-state index in [1.165, 1.54) is 6.07 Å². The molecule has 0 radical (unpaired) electrons. The predicted molar refractivity (Wildman–Crippen MR) is 104 cm³/mol. The zero-order chi connectivity index (χ0) is 19.7. The molecule has 2 amide bonds. The smallest absolute Gasteiger partial charge is 0.324 e. The third-order valence-corrected chi connectivity index (χ3v) is 4.15. The van der Waals surface area contributed by atoms with Gasteiger partial charge in [0.25, 0.3) is 0 Å². The van der Waals surface area contributed by atoms with Crippen LogP contribution in [-0.2, 0) is 0 Å². The first-order valence-corrected chi connectivity index (χ1v) is 8.41. The number of carbonyl (C=O) groups excluding carboxylic acids is 1. The van der Waals surface area contributed by atoms with Crippen molar-refractivity contribution < 1.29 is 9.18 Å². The topological polar surface area (TPSA) is 110 Å². The minimum atomic E-state index is -0.587. The number of nitrogen functional groups attached to an aromatic ring is 1. The molecule has 0 aliphatic heterocycles. The molecule has 0 bridgehead atoms. The van der Waals surface area contributed by atoms with Gasteiger partial charge in [0.05, 0.1) is 5.69 Å². The highest BCUT2D eigenvalue weighted by molar-refractivity contribution is 5.99. The van der Waals surface area contributed by atoms with Crippen LogP contribution in [0, 0.1) is 12.7 Å². The van der Waals surface area contributed by atoms with Crippen LogP contribution in [0.5, 0.6) is 0 Å². The quantitative estimate of drug-likeness (QED) is 0.506. The molecule has 0 fully saturated rings. The lowest BCUT2D eigenvalue weighted by atomic mass is 10.1. The van der Waals surface area contributed by atoms with E-state index in [1.54, 1.807) is 41.2 Å². The molecule has 0 aliphatic rings. The van der Waals surface area contributed by atoms with E-state index in [0.29, 0.717) is 17.2 Å². The average molecular weight is 377 g/mol. The van der Waals surface area contributed by atoms with Gasteiger partial charge in [0.2, 0.25) is 0 Å². The molecule has 0 spiro atoms. The van der Waals surface area contributed by atoms with Crippen molar-refractivity contribution in [2.45, 2.75) is 6.92 Å². The zero-order valence-corrected chi connectivity index (χ0v) is 14.8. The molecule has 0 atom stereocenters. The van der Waals surface area contributed by atoms with Gasteiger partial charge in [-0.15, -0.1) is 5.10 Å². The van der Waals surface area contributed by atoms with Crippen molar-refractivity contribution in [2.24, 2.45) is 0 Å². The standard InChI is InChI=1S/C19H16FN7O/c1-11-4-6-14(20)15(9-11)23-19(28)24-16-7-5-12(10-22-16)13-3-2-8-27-17(13)18(21)25-26-27/h2-10H,21H2,1H3,(H2,22,23,24,28). The third-order valence-electron chi connectivity index (χ3n) is 4.15. The molecule has 4 aromatic rings. The van der Waals surface area contributed by atoms with Crippen molar-refractivity contribution in [2.75, 3.05) is 16.4 Å².